The Morgan fingerprint density at radius 1 is 1.09 bits per heavy atom. The van der Waals surface area contributed by atoms with Gasteiger partial charge in [0.2, 0.25) is 5.91 Å². The van der Waals surface area contributed by atoms with Crippen molar-refractivity contribution in [2.75, 3.05) is 25.1 Å². The number of nitrogens with one attached hydrogen (secondary N) is 1. The summed E-state index contributed by atoms with van der Waals surface area (Å²) in [5.41, 5.74) is 0.209. The summed E-state index contributed by atoms with van der Waals surface area (Å²) < 4.78 is 28.7. The number of sulfone groups is 1. The van der Waals surface area contributed by atoms with E-state index in [2.05, 4.69) is 5.32 Å². The maximum atomic E-state index is 12.7. The highest BCUT2D eigenvalue weighted by atomic mass is 32.2. The molecule has 0 aliphatic carbocycles. The third kappa shape index (κ3) is 12.1. The van der Waals surface area contributed by atoms with Gasteiger partial charge < -0.3 is 20.1 Å². The molecule has 2 amide bonds. The van der Waals surface area contributed by atoms with E-state index in [1.807, 2.05) is 44.2 Å². The number of carbonyl (C=O) groups is 2. The van der Waals surface area contributed by atoms with Crippen LogP contribution in [0.15, 0.2) is 30.3 Å². The van der Waals surface area contributed by atoms with Crippen molar-refractivity contribution >= 4 is 21.8 Å². The Balaban J connectivity index is 3.07. The van der Waals surface area contributed by atoms with Gasteiger partial charge in [-0.2, -0.15) is 0 Å². The highest BCUT2D eigenvalue weighted by Gasteiger charge is 2.30. The minimum atomic E-state index is -3.34. The van der Waals surface area contributed by atoms with Crippen LogP contribution < -0.4 is 5.32 Å². The largest absolute Gasteiger partial charge is 0.444 e. The summed E-state index contributed by atoms with van der Waals surface area (Å²) in [4.78, 5) is 26.9. The summed E-state index contributed by atoms with van der Waals surface area (Å²) in [7, 11) is -3.34. The molecule has 0 aliphatic heterocycles. The molecule has 0 radical (unpaired) electrons. The third-order valence-corrected chi connectivity index (χ3v) is 5.84. The third-order valence-electron chi connectivity index (χ3n) is 4.74. The van der Waals surface area contributed by atoms with Crippen molar-refractivity contribution < 1.29 is 27.9 Å². The van der Waals surface area contributed by atoms with Crippen molar-refractivity contribution in [3.8, 4) is 0 Å². The van der Waals surface area contributed by atoms with E-state index < -0.39 is 45.5 Å². The zero-order chi connectivity index (χ0) is 25.4. The molecule has 9 heteroatoms. The molecule has 0 aromatic heterocycles. The lowest BCUT2D eigenvalue weighted by Crippen LogP contribution is -2.53. The molecule has 0 spiro atoms. The summed E-state index contributed by atoms with van der Waals surface area (Å²) in [6, 6.07) is 8.63. The second-order valence-electron chi connectivity index (χ2n) is 10.1. The molecular weight excluding hydrogens is 444 g/mol. The molecule has 0 fully saturated rings. The molecule has 33 heavy (non-hydrogen) atoms. The predicted molar refractivity (Wildman–Crippen MR) is 130 cm³/mol. The normalized spacial score (nSPS) is 14.9. The van der Waals surface area contributed by atoms with E-state index in [9.17, 15) is 23.1 Å². The van der Waals surface area contributed by atoms with Gasteiger partial charge in [-0.05, 0) is 38.7 Å². The van der Waals surface area contributed by atoms with Crippen molar-refractivity contribution in [1.82, 2.24) is 10.2 Å². The van der Waals surface area contributed by atoms with Crippen LogP contribution in [0.25, 0.3) is 0 Å². The number of aliphatic hydroxyl groups is 1. The zero-order valence-corrected chi connectivity index (χ0v) is 21.7. The van der Waals surface area contributed by atoms with Gasteiger partial charge in [-0.3, -0.25) is 4.79 Å². The van der Waals surface area contributed by atoms with Crippen molar-refractivity contribution in [1.29, 1.82) is 0 Å². The SMILES string of the molecule is CC(C)CN(C[C@@H](O)[C@H](Cc1ccccc1)NC(=O)C(C)CS(C)(=O)=O)C(=O)OC(C)(C)C. The van der Waals surface area contributed by atoms with Crippen molar-refractivity contribution in [3.63, 3.8) is 0 Å². The van der Waals surface area contributed by atoms with E-state index in [1.54, 1.807) is 20.8 Å². The van der Waals surface area contributed by atoms with E-state index in [1.165, 1.54) is 11.8 Å². The summed E-state index contributed by atoms with van der Waals surface area (Å²) in [5.74, 6) is -1.39. The van der Waals surface area contributed by atoms with Crippen molar-refractivity contribution in [2.24, 2.45) is 11.8 Å². The fourth-order valence-corrected chi connectivity index (χ4v) is 4.41. The number of amides is 2. The number of nitrogens with zero attached hydrogens (tertiary/aromatic N) is 1. The van der Waals surface area contributed by atoms with E-state index in [-0.39, 0.29) is 18.2 Å². The molecule has 0 heterocycles. The van der Waals surface area contributed by atoms with E-state index in [0.717, 1.165) is 11.8 Å². The lowest BCUT2D eigenvalue weighted by molar-refractivity contribution is -0.125. The second kappa shape index (κ2) is 12.4. The maximum Gasteiger partial charge on any atom is 0.410 e. The fourth-order valence-electron chi connectivity index (χ4n) is 3.35. The lowest BCUT2D eigenvalue weighted by Gasteiger charge is -2.33. The quantitative estimate of drug-likeness (QED) is 0.499. The first-order chi connectivity index (χ1) is 15.1. The van der Waals surface area contributed by atoms with Gasteiger partial charge in [0.15, 0.2) is 0 Å². The Kier molecular flexibility index (Phi) is 10.8. The number of hydrogen-bond donors (Lipinski definition) is 2. The Hall–Kier alpha value is -2.13. The van der Waals surface area contributed by atoms with Crippen LogP contribution in [-0.4, -0.2) is 73.3 Å². The van der Waals surface area contributed by atoms with E-state index in [0.29, 0.717) is 13.0 Å². The molecule has 1 aromatic rings. The molecule has 0 saturated heterocycles. The van der Waals surface area contributed by atoms with Crippen LogP contribution in [0, 0.1) is 11.8 Å². The van der Waals surface area contributed by atoms with Gasteiger partial charge in [-0.15, -0.1) is 0 Å². The van der Waals surface area contributed by atoms with Gasteiger partial charge in [0, 0.05) is 18.7 Å². The smallest absolute Gasteiger partial charge is 0.410 e. The topological polar surface area (TPSA) is 113 Å². The highest BCUT2D eigenvalue weighted by molar-refractivity contribution is 7.90. The van der Waals surface area contributed by atoms with Gasteiger partial charge in [-0.25, -0.2) is 13.2 Å². The van der Waals surface area contributed by atoms with Crippen LogP contribution in [0.2, 0.25) is 0 Å². The standard InChI is InChI=1S/C24H40N2O6S/c1-17(2)14-26(23(29)32-24(4,5)6)15-21(27)20(13-19-11-9-8-10-12-19)25-22(28)18(3)16-33(7,30)31/h8-12,17-18,20-21,27H,13-16H2,1-7H3,(H,25,28)/t18?,20-,21+/m0/s1. The zero-order valence-electron chi connectivity index (χ0n) is 20.9. The monoisotopic (exact) mass is 484 g/mol. The van der Waals surface area contributed by atoms with Crippen LogP contribution in [0.4, 0.5) is 4.79 Å². The molecule has 2 N–H and O–H groups in total. The highest BCUT2D eigenvalue weighted by Crippen LogP contribution is 2.15. The predicted octanol–water partition coefficient (Wildman–Crippen LogP) is 2.65. The van der Waals surface area contributed by atoms with Crippen molar-refractivity contribution in [2.45, 2.75) is 65.7 Å². The lowest BCUT2D eigenvalue weighted by atomic mass is 9.99. The first kappa shape index (κ1) is 28.9. The Bertz CT molecular complexity index is 865. The molecule has 1 unspecified atom stereocenters. The van der Waals surface area contributed by atoms with Crippen LogP contribution in [0.5, 0.6) is 0 Å². The molecule has 1 aromatic carbocycles. The second-order valence-corrected chi connectivity index (χ2v) is 12.3. The molecule has 0 aliphatic rings. The number of ether oxygens (including phenoxy) is 1. The van der Waals surface area contributed by atoms with Gasteiger partial charge in [-0.1, -0.05) is 51.1 Å². The number of aliphatic hydroxyl groups excluding tert-OH is 1. The molecule has 3 atom stereocenters. The van der Waals surface area contributed by atoms with Gasteiger partial charge in [0.05, 0.1) is 24.4 Å². The number of benzene rings is 1. The average molecular weight is 485 g/mol. The van der Waals surface area contributed by atoms with Gasteiger partial charge >= 0.3 is 6.09 Å². The first-order valence-electron chi connectivity index (χ1n) is 11.3. The minimum Gasteiger partial charge on any atom is -0.444 e. The van der Waals surface area contributed by atoms with Crippen LogP contribution >= 0.6 is 0 Å². The summed E-state index contributed by atoms with van der Waals surface area (Å²) in [6.07, 6.45) is -0.225. The van der Waals surface area contributed by atoms with Crippen LogP contribution in [0.1, 0.15) is 47.1 Å². The molecular formula is C24H40N2O6S. The molecule has 0 saturated carbocycles. The van der Waals surface area contributed by atoms with E-state index in [4.69, 9.17) is 4.74 Å². The summed E-state index contributed by atoms with van der Waals surface area (Å²) >= 11 is 0. The van der Waals surface area contributed by atoms with Gasteiger partial charge in [0.1, 0.15) is 15.4 Å². The van der Waals surface area contributed by atoms with E-state index >= 15 is 0 Å². The molecule has 8 nitrogen and oxygen atoms in total. The maximum absolute atomic E-state index is 12.7. The summed E-state index contributed by atoms with van der Waals surface area (Å²) in [6.45, 7) is 11.1. The molecule has 0 bridgehead atoms. The Labute approximate surface area is 198 Å². The number of carbonyl (C=O) groups excluding carboxylic acids is 2. The number of rotatable bonds is 11. The fraction of sp³-hybridized carbons (Fsp3) is 0.667. The van der Waals surface area contributed by atoms with Gasteiger partial charge in [0.25, 0.3) is 0 Å². The summed E-state index contributed by atoms with van der Waals surface area (Å²) in [5, 5.41) is 13.9. The Morgan fingerprint density at radius 3 is 2.15 bits per heavy atom. The molecule has 188 valence electrons. The Morgan fingerprint density at radius 2 is 1.67 bits per heavy atom. The van der Waals surface area contributed by atoms with Crippen LogP contribution in [0.3, 0.4) is 0 Å². The minimum absolute atomic E-state index is 0.0364. The number of hydrogen-bond acceptors (Lipinski definition) is 6. The van der Waals surface area contributed by atoms with Crippen LogP contribution in [-0.2, 0) is 25.8 Å². The molecule has 1 rings (SSSR count). The average Bonchev–Trinajstić information content (AvgIpc) is 2.64. The first-order valence-corrected chi connectivity index (χ1v) is 13.3. The van der Waals surface area contributed by atoms with Crippen molar-refractivity contribution in [3.05, 3.63) is 35.9 Å².